The molecule has 0 spiro atoms. The zero-order valence-electron chi connectivity index (χ0n) is 19.5. The van der Waals surface area contributed by atoms with E-state index in [2.05, 4.69) is 27.7 Å². The smallest absolute Gasteiger partial charge is 0.292 e. The van der Waals surface area contributed by atoms with E-state index in [9.17, 15) is 9.59 Å². The highest BCUT2D eigenvalue weighted by Gasteiger charge is 2.43. The maximum Gasteiger partial charge on any atom is 0.292 e. The van der Waals surface area contributed by atoms with Gasteiger partial charge in [0.15, 0.2) is 0 Å². The molecule has 6 heteroatoms. The first kappa shape index (κ1) is 27.4. The SMILES string of the molecule is CCCC(=O)O[Si](CCC)(CCC)CC[Si](CCC)(CCC)OC(=O)CCC. The fraction of sp³-hybridized carbons (Fsp3) is 0.909. The van der Waals surface area contributed by atoms with E-state index >= 15 is 0 Å². The van der Waals surface area contributed by atoms with Gasteiger partial charge in [-0.05, 0) is 49.1 Å². The van der Waals surface area contributed by atoms with Crippen LogP contribution in [0.3, 0.4) is 0 Å². The lowest BCUT2D eigenvalue weighted by Gasteiger charge is -2.36. The first-order valence-corrected chi connectivity index (χ1v) is 16.9. The van der Waals surface area contributed by atoms with Crippen molar-refractivity contribution in [2.24, 2.45) is 0 Å². The third-order valence-corrected chi connectivity index (χ3v) is 15.2. The second-order valence-electron chi connectivity index (χ2n) is 8.31. The average Bonchev–Trinajstić information content (AvgIpc) is 2.61. The lowest BCUT2D eigenvalue weighted by Crippen LogP contribution is -2.46. The van der Waals surface area contributed by atoms with E-state index in [1.807, 2.05) is 13.8 Å². The summed E-state index contributed by atoms with van der Waals surface area (Å²) in [6.45, 7) is 12.8. The third-order valence-electron chi connectivity index (χ3n) is 5.43. The number of hydrogen-bond acceptors (Lipinski definition) is 4. The van der Waals surface area contributed by atoms with Crippen LogP contribution in [-0.2, 0) is 18.4 Å². The normalized spacial score (nSPS) is 12.1. The molecule has 28 heavy (non-hydrogen) atoms. The molecule has 0 atom stereocenters. The van der Waals surface area contributed by atoms with Gasteiger partial charge < -0.3 is 8.85 Å². The minimum Gasteiger partial charge on any atom is -0.519 e. The molecule has 0 radical (unpaired) electrons. The van der Waals surface area contributed by atoms with Crippen LogP contribution >= 0.6 is 0 Å². The number of carbonyl (C=O) groups is 2. The summed E-state index contributed by atoms with van der Waals surface area (Å²) < 4.78 is 12.5. The second kappa shape index (κ2) is 15.2. The van der Waals surface area contributed by atoms with E-state index in [-0.39, 0.29) is 11.9 Å². The van der Waals surface area contributed by atoms with Gasteiger partial charge in [0.2, 0.25) is 0 Å². The van der Waals surface area contributed by atoms with Gasteiger partial charge in [0.1, 0.15) is 0 Å². The highest BCUT2D eigenvalue weighted by Crippen LogP contribution is 2.35. The molecule has 0 amide bonds. The molecule has 0 saturated carbocycles. The Balaban J connectivity index is 5.54. The zero-order valence-corrected chi connectivity index (χ0v) is 21.5. The molecule has 166 valence electrons. The molecule has 0 aromatic rings. The molecule has 0 aliphatic rings. The van der Waals surface area contributed by atoms with E-state index < -0.39 is 16.6 Å². The van der Waals surface area contributed by atoms with Crippen molar-refractivity contribution in [3.63, 3.8) is 0 Å². The monoisotopic (exact) mass is 430 g/mol. The molecule has 0 aliphatic heterocycles. The van der Waals surface area contributed by atoms with Crippen LogP contribution < -0.4 is 0 Å². The van der Waals surface area contributed by atoms with E-state index in [1.54, 1.807) is 0 Å². The zero-order chi connectivity index (χ0) is 21.5. The summed E-state index contributed by atoms with van der Waals surface area (Å²) in [5, 5.41) is 0. The summed E-state index contributed by atoms with van der Waals surface area (Å²) in [6, 6.07) is 6.05. The van der Waals surface area contributed by atoms with Crippen LogP contribution in [0.25, 0.3) is 0 Å². The Labute approximate surface area is 176 Å². The van der Waals surface area contributed by atoms with Crippen molar-refractivity contribution in [1.29, 1.82) is 0 Å². The Bertz CT molecular complexity index is 388. The van der Waals surface area contributed by atoms with Crippen molar-refractivity contribution >= 4 is 28.6 Å². The molecule has 0 saturated heterocycles. The fourth-order valence-corrected chi connectivity index (χ4v) is 14.9. The molecule has 0 unspecified atom stereocenters. The maximum absolute atomic E-state index is 12.4. The van der Waals surface area contributed by atoms with Gasteiger partial charge in [0.25, 0.3) is 28.6 Å². The lowest BCUT2D eigenvalue weighted by atomic mass is 10.4. The number of rotatable bonds is 17. The van der Waals surface area contributed by atoms with Crippen LogP contribution in [0.1, 0.15) is 92.9 Å². The Morgan fingerprint density at radius 3 is 1.00 bits per heavy atom. The van der Waals surface area contributed by atoms with Crippen molar-refractivity contribution in [3.05, 3.63) is 0 Å². The van der Waals surface area contributed by atoms with Crippen LogP contribution in [0.5, 0.6) is 0 Å². The van der Waals surface area contributed by atoms with Gasteiger partial charge in [0, 0.05) is 12.8 Å². The molecule has 0 N–H and O–H groups in total. The molecule has 0 aromatic carbocycles. The van der Waals surface area contributed by atoms with E-state index in [1.165, 1.54) is 0 Å². The predicted octanol–water partition coefficient (Wildman–Crippen LogP) is 7.20. The summed E-state index contributed by atoms with van der Waals surface area (Å²) in [5.41, 5.74) is 0. The maximum atomic E-state index is 12.4. The average molecular weight is 431 g/mol. The molecule has 0 rings (SSSR count). The lowest BCUT2D eigenvalue weighted by molar-refractivity contribution is -0.136. The van der Waals surface area contributed by atoms with Crippen molar-refractivity contribution < 1.29 is 18.4 Å². The Hall–Kier alpha value is -0.626. The standard InChI is InChI=1S/C22H46O4Si2/c1-7-13-21(23)25-27(15-9-3,16-10-4)19-20-28(17-11-5,18-12-6)26-22(24)14-8-2/h7-20H2,1-6H3. The Morgan fingerprint density at radius 2 is 0.786 bits per heavy atom. The van der Waals surface area contributed by atoms with Crippen LogP contribution in [-0.4, -0.2) is 28.6 Å². The Kier molecular flexibility index (Phi) is 14.9. The predicted molar refractivity (Wildman–Crippen MR) is 124 cm³/mol. The van der Waals surface area contributed by atoms with Gasteiger partial charge in [-0.2, -0.15) is 0 Å². The van der Waals surface area contributed by atoms with E-state index in [4.69, 9.17) is 8.85 Å². The molecule has 0 fully saturated rings. The molecule has 0 heterocycles. The van der Waals surface area contributed by atoms with Crippen molar-refractivity contribution in [2.45, 2.75) is 129 Å². The van der Waals surface area contributed by atoms with Crippen molar-refractivity contribution in [1.82, 2.24) is 0 Å². The van der Waals surface area contributed by atoms with Crippen LogP contribution in [0.4, 0.5) is 0 Å². The third kappa shape index (κ3) is 10.2. The van der Waals surface area contributed by atoms with E-state index in [0.29, 0.717) is 12.8 Å². The largest absolute Gasteiger partial charge is 0.519 e. The summed E-state index contributed by atoms with van der Waals surface area (Å²) in [6.07, 6.45) is 6.91. The summed E-state index contributed by atoms with van der Waals surface area (Å²) in [5.74, 6) is -0.0328. The van der Waals surface area contributed by atoms with Crippen molar-refractivity contribution in [3.8, 4) is 0 Å². The van der Waals surface area contributed by atoms with Gasteiger partial charge in [0.05, 0.1) is 0 Å². The molecule has 4 nitrogen and oxygen atoms in total. The quantitative estimate of drug-likeness (QED) is 0.229. The molecular formula is C22H46O4Si2. The molecule has 0 aromatic heterocycles. The summed E-state index contributed by atoms with van der Waals surface area (Å²) >= 11 is 0. The van der Waals surface area contributed by atoms with Crippen LogP contribution in [0, 0.1) is 0 Å². The van der Waals surface area contributed by atoms with Gasteiger partial charge in [-0.25, -0.2) is 0 Å². The molecule has 0 bridgehead atoms. The van der Waals surface area contributed by atoms with Gasteiger partial charge in [-0.1, -0.05) is 67.2 Å². The first-order valence-electron chi connectivity index (χ1n) is 11.8. The highest BCUT2D eigenvalue weighted by atomic mass is 28.4. The minimum absolute atomic E-state index is 0.0164. The Morgan fingerprint density at radius 1 is 0.500 bits per heavy atom. The van der Waals surface area contributed by atoms with Crippen molar-refractivity contribution in [2.75, 3.05) is 0 Å². The molecule has 0 aliphatic carbocycles. The van der Waals surface area contributed by atoms with Gasteiger partial charge in [-0.3, -0.25) is 9.59 Å². The number of hydrogen-bond donors (Lipinski definition) is 0. The minimum atomic E-state index is -2.14. The topological polar surface area (TPSA) is 52.6 Å². The summed E-state index contributed by atoms with van der Waals surface area (Å²) in [7, 11) is -4.28. The first-order chi connectivity index (χ1) is 13.4. The van der Waals surface area contributed by atoms with Crippen LogP contribution in [0.2, 0.25) is 36.3 Å². The molecular weight excluding hydrogens is 384 g/mol. The van der Waals surface area contributed by atoms with Gasteiger partial charge >= 0.3 is 0 Å². The highest BCUT2D eigenvalue weighted by molar-refractivity contribution is 6.80. The van der Waals surface area contributed by atoms with Gasteiger partial charge in [-0.15, -0.1) is 0 Å². The number of carbonyl (C=O) groups excluding carboxylic acids is 2. The van der Waals surface area contributed by atoms with E-state index in [0.717, 1.165) is 74.8 Å². The fourth-order valence-electron chi connectivity index (χ4n) is 4.33. The summed E-state index contributed by atoms with van der Waals surface area (Å²) in [4.78, 5) is 24.8. The van der Waals surface area contributed by atoms with Crippen LogP contribution in [0.15, 0.2) is 0 Å². The second-order valence-corrected chi connectivity index (χ2v) is 16.5.